The number of phenolic OH excluding ortho intramolecular Hbond substituents is 1. The average molecular weight is 335 g/mol. The molecule has 0 unspecified atom stereocenters. The van der Waals surface area contributed by atoms with Gasteiger partial charge < -0.3 is 15.2 Å². The number of carboxylic acid groups (broad SMARTS) is 1. The van der Waals surface area contributed by atoms with Crippen LogP contribution >= 0.6 is 0 Å². The van der Waals surface area contributed by atoms with E-state index >= 15 is 0 Å². The first-order chi connectivity index (χ1) is 12.1. The molecule has 1 saturated carbocycles. The number of fused-ring (bicyclic) bond motifs is 1. The number of aromatic nitrogens is 1. The Balaban J connectivity index is 1.96. The molecule has 0 saturated heterocycles. The van der Waals surface area contributed by atoms with Crippen molar-refractivity contribution >= 4 is 16.9 Å². The number of benzene rings is 2. The summed E-state index contributed by atoms with van der Waals surface area (Å²) in [6.07, 6.45) is 5.96. The van der Waals surface area contributed by atoms with Gasteiger partial charge in [0, 0.05) is 16.5 Å². The van der Waals surface area contributed by atoms with Crippen molar-refractivity contribution in [2.24, 2.45) is 0 Å². The van der Waals surface area contributed by atoms with E-state index in [1.165, 1.54) is 24.8 Å². The molecule has 0 amide bonds. The summed E-state index contributed by atoms with van der Waals surface area (Å²) in [6.45, 7) is 0. The zero-order valence-electron chi connectivity index (χ0n) is 14.0. The number of phenols is 1. The summed E-state index contributed by atoms with van der Waals surface area (Å²) in [6, 6.07) is 12.6. The smallest absolute Gasteiger partial charge is 0.335 e. The molecule has 3 aromatic rings. The topological polar surface area (TPSA) is 73.3 Å². The summed E-state index contributed by atoms with van der Waals surface area (Å²) in [5, 5.41) is 20.7. The minimum atomic E-state index is -0.931. The van der Waals surface area contributed by atoms with Gasteiger partial charge in [-0.25, -0.2) is 4.79 Å². The monoisotopic (exact) mass is 335 g/mol. The number of rotatable bonds is 3. The van der Waals surface area contributed by atoms with Crippen molar-refractivity contribution in [2.75, 3.05) is 0 Å². The molecular formula is C21H21NO3. The van der Waals surface area contributed by atoms with E-state index in [-0.39, 0.29) is 11.3 Å². The molecule has 0 atom stereocenters. The summed E-state index contributed by atoms with van der Waals surface area (Å²) in [7, 11) is 0. The van der Waals surface area contributed by atoms with Crippen molar-refractivity contribution in [1.29, 1.82) is 0 Å². The molecule has 0 aliphatic heterocycles. The molecule has 4 heteroatoms. The molecule has 0 spiro atoms. The van der Waals surface area contributed by atoms with Crippen molar-refractivity contribution in [2.45, 2.75) is 38.0 Å². The second kappa shape index (κ2) is 6.28. The van der Waals surface area contributed by atoms with Crippen LogP contribution in [0, 0.1) is 0 Å². The standard InChI is InChI=1S/C21H21NO3/c23-18-9-5-4-8-16(18)20-19(13-6-2-1-3-7-13)15-11-10-14(21(24)25)12-17(15)22-20/h4-5,8-13,22-23H,1-3,6-7H2,(H,24,25). The summed E-state index contributed by atoms with van der Waals surface area (Å²) in [4.78, 5) is 14.7. The minimum Gasteiger partial charge on any atom is -0.507 e. The highest BCUT2D eigenvalue weighted by atomic mass is 16.4. The molecule has 1 heterocycles. The van der Waals surface area contributed by atoms with Crippen LogP contribution in [0.4, 0.5) is 0 Å². The Bertz CT molecular complexity index is 935. The van der Waals surface area contributed by atoms with Crippen LogP contribution in [-0.2, 0) is 0 Å². The van der Waals surface area contributed by atoms with E-state index in [0.717, 1.165) is 35.0 Å². The molecule has 3 N–H and O–H groups in total. The predicted molar refractivity (Wildman–Crippen MR) is 98.2 cm³/mol. The largest absolute Gasteiger partial charge is 0.507 e. The quantitative estimate of drug-likeness (QED) is 0.609. The lowest BCUT2D eigenvalue weighted by Crippen LogP contribution is -2.05. The highest BCUT2D eigenvalue weighted by molar-refractivity contribution is 5.97. The number of aromatic carboxylic acids is 1. The SMILES string of the molecule is O=C(O)c1ccc2c(C3CCCCC3)c(-c3ccccc3O)[nH]c2c1. The molecule has 1 aromatic heterocycles. The fourth-order valence-corrected chi connectivity index (χ4v) is 4.07. The van der Waals surface area contributed by atoms with Crippen molar-refractivity contribution in [3.8, 4) is 17.0 Å². The zero-order valence-corrected chi connectivity index (χ0v) is 14.0. The van der Waals surface area contributed by atoms with Gasteiger partial charge in [0.25, 0.3) is 0 Å². The van der Waals surface area contributed by atoms with E-state index in [2.05, 4.69) is 4.98 Å². The molecule has 0 radical (unpaired) electrons. The van der Waals surface area contributed by atoms with Crippen LogP contribution in [-0.4, -0.2) is 21.2 Å². The van der Waals surface area contributed by atoms with Crippen LogP contribution in [0.25, 0.3) is 22.2 Å². The van der Waals surface area contributed by atoms with E-state index in [1.54, 1.807) is 18.2 Å². The number of carbonyl (C=O) groups is 1. The molecule has 1 aliphatic carbocycles. The van der Waals surface area contributed by atoms with Crippen LogP contribution in [0.3, 0.4) is 0 Å². The molecule has 1 fully saturated rings. The van der Waals surface area contributed by atoms with Gasteiger partial charge in [-0.15, -0.1) is 0 Å². The Morgan fingerprint density at radius 2 is 1.80 bits per heavy atom. The van der Waals surface area contributed by atoms with E-state index in [9.17, 15) is 15.0 Å². The minimum absolute atomic E-state index is 0.240. The van der Waals surface area contributed by atoms with Crippen LogP contribution in [0.5, 0.6) is 5.75 Å². The maximum absolute atomic E-state index is 11.3. The van der Waals surface area contributed by atoms with Crippen LogP contribution in [0.2, 0.25) is 0 Å². The van der Waals surface area contributed by atoms with Gasteiger partial charge in [-0.05, 0) is 48.6 Å². The average Bonchev–Trinajstić information content (AvgIpc) is 3.01. The fourth-order valence-electron chi connectivity index (χ4n) is 4.07. The van der Waals surface area contributed by atoms with E-state index < -0.39 is 5.97 Å². The first-order valence-corrected chi connectivity index (χ1v) is 8.82. The van der Waals surface area contributed by atoms with E-state index in [1.807, 2.05) is 24.3 Å². The van der Waals surface area contributed by atoms with Crippen LogP contribution < -0.4 is 0 Å². The number of hydrogen-bond acceptors (Lipinski definition) is 2. The first kappa shape index (κ1) is 15.8. The van der Waals surface area contributed by atoms with Gasteiger partial charge in [0.05, 0.1) is 11.3 Å². The number of para-hydroxylation sites is 1. The number of aromatic hydroxyl groups is 1. The van der Waals surface area contributed by atoms with Crippen LogP contribution in [0.15, 0.2) is 42.5 Å². The van der Waals surface area contributed by atoms with Crippen molar-refractivity contribution in [1.82, 2.24) is 4.98 Å². The molecule has 128 valence electrons. The molecular weight excluding hydrogens is 314 g/mol. The number of nitrogens with one attached hydrogen (secondary N) is 1. The number of carboxylic acids is 1. The van der Waals surface area contributed by atoms with Gasteiger partial charge in [-0.1, -0.05) is 37.5 Å². The van der Waals surface area contributed by atoms with Crippen molar-refractivity contribution in [3.05, 3.63) is 53.6 Å². The maximum atomic E-state index is 11.3. The fraction of sp³-hybridized carbons (Fsp3) is 0.286. The number of hydrogen-bond donors (Lipinski definition) is 3. The van der Waals surface area contributed by atoms with Gasteiger partial charge in [0.1, 0.15) is 5.75 Å². The summed E-state index contributed by atoms with van der Waals surface area (Å²) in [5.41, 5.74) is 4.00. The van der Waals surface area contributed by atoms with Crippen molar-refractivity contribution in [3.63, 3.8) is 0 Å². The first-order valence-electron chi connectivity index (χ1n) is 8.82. The molecule has 25 heavy (non-hydrogen) atoms. The lowest BCUT2D eigenvalue weighted by atomic mass is 9.81. The lowest BCUT2D eigenvalue weighted by Gasteiger charge is -2.23. The second-order valence-corrected chi connectivity index (χ2v) is 6.83. The Kier molecular flexibility index (Phi) is 3.96. The Labute approximate surface area is 146 Å². The third kappa shape index (κ3) is 2.78. The number of H-pyrrole nitrogens is 1. The van der Waals surface area contributed by atoms with E-state index in [4.69, 9.17) is 0 Å². The third-order valence-electron chi connectivity index (χ3n) is 5.27. The van der Waals surface area contributed by atoms with Crippen LogP contribution in [0.1, 0.15) is 53.9 Å². The Hall–Kier alpha value is -2.75. The number of aromatic amines is 1. The van der Waals surface area contributed by atoms with Gasteiger partial charge >= 0.3 is 5.97 Å². The molecule has 4 rings (SSSR count). The highest BCUT2D eigenvalue weighted by Gasteiger charge is 2.25. The van der Waals surface area contributed by atoms with E-state index in [0.29, 0.717) is 5.92 Å². The highest BCUT2D eigenvalue weighted by Crippen LogP contribution is 2.44. The van der Waals surface area contributed by atoms with Gasteiger partial charge in [-0.3, -0.25) is 0 Å². The van der Waals surface area contributed by atoms with Gasteiger partial charge in [0.15, 0.2) is 0 Å². The molecule has 1 aliphatic rings. The van der Waals surface area contributed by atoms with Gasteiger partial charge in [-0.2, -0.15) is 0 Å². The molecule has 4 nitrogen and oxygen atoms in total. The summed E-state index contributed by atoms with van der Waals surface area (Å²) in [5.74, 6) is -0.253. The lowest BCUT2D eigenvalue weighted by molar-refractivity contribution is 0.0697. The zero-order chi connectivity index (χ0) is 17.4. The summed E-state index contributed by atoms with van der Waals surface area (Å²) < 4.78 is 0. The summed E-state index contributed by atoms with van der Waals surface area (Å²) >= 11 is 0. The maximum Gasteiger partial charge on any atom is 0.335 e. The molecule has 2 aromatic carbocycles. The van der Waals surface area contributed by atoms with Crippen molar-refractivity contribution < 1.29 is 15.0 Å². The normalized spacial score (nSPS) is 15.5. The third-order valence-corrected chi connectivity index (χ3v) is 5.27. The molecule has 0 bridgehead atoms. The van der Waals surface area contributed by atoms with Gasteiger partial charge in [0.2, 0.25) is 0 Å². The Morgan fingerprint density at radius 1 is 1.04 bits per heavy atom. The Morgan fingerprint density at radius 3 is 2.52 bits per heavy atom. The second-order valence-electron chi connectivity index (χ2n) is 6.83. The predicted octanol–water partition coefficient (Wildman–Crippen LogP) is 5.29.